The van der Waals surface area contributed by atoms with Crippen LogP contribution in [0.2, 0.25) is 0 Å². The first kappa shape index (κ1) is 27.1. The smallest absolute Gasteiger partial charge is 0.433 e. The van der Waals surface area contributed by atoms with Crippen molar-refractivity contribution in [3.05, 3.63) is 88.9 Å². The summed E-state index contributed by atoms with van der Waals surface area (Å²) in [7, 11) is -3.74. The van der Waals surface area contributed by atoms with E-state index in [1.807, 2.05) is 0 Å². The largest absolute Gasteiger partial charge is 0.439 e. The van der Waals surface area contributed by atoms with Crippen LogP contribution in [0.3, 0.4) is 0 Å². The minimum atomic E-state index is -4.69. The number of nitrogens with two attached hydrogens (primary N) is 1. The number of aromatic nitrogens is 1. The predicted octanol–water partition coefficient (Wildman–Crippen LogP) is 4.45. The minimum Gasteiger partial charge on any atom is -0.439 e. The van der Waals surface area contributed by atoms with Crippen molar-refractivity contribution in [2.24, 2.45) is 5.73 Å². The van der Waals surface area contributed by atoms with Crippen LogP contribution >= 0.6 is 0 Å². The first-order valence-corrected chi connectivity index (χ1v) is 12.5. The van der Waals surface area contributed by atoms with Crippen molar-refractivity contribution in [2.75, 3.05) is 6.26 Å². The second-order valence-corrected chi connectivity index (χ2v) is 10.2. The number of nitrogens with one attached hydrogen (secondary N) is 1. The molecule has 0 saturated heterocycles. The molecule has 1 aromatic heterocycles. The van der Waals surface area contributed by atoms with Crippen molar-refractivity contribution in [2.45, 2.75) is 30.9 Å². The molecule has 36 heavy (non-hydrogen) atoms. The molecule has 3 N–H and O–H groups in total. The van der Waals surface area contributed by atoms with E-state index in [0.717, 1.165) is 24.5 Å². The molecular weight excluding hydrogens is 502 g/mol. The van der Waals surface area contributed by atoms with Crippen molar-refractivity contribution >= 4 is 15.7 Å². The highest BCUT2D eigenvalue weighted by Crippen LogP contribution is 2.32. The summed E-state index contributed by atoms with van der Waals surface area (Å²) in [6.07, 6.45) is -3.81. The molecule has 2 aromatic carbocycles. The Kier molecular flexibility index (Phi) is 7.99. The number of rotatable bonds is 8. The number of carbonyl (C=O) groups is 1. The van der Waals surface area contributed by atoms with Crippen molar-refractivity contribution in [1.82, 2.24) is 10.3 Å². The number of pyridine rings is 1. The highest BCUT2D eigenvalue weighted by molar-refractivity contribution is 7.90. The van der Waals surface area contributed by atoms with Gasteiger partial charge in [-0.05, 0) is 42.8 Å². The summed E-state index contributed by atoms with van der Waals surface area (Å²) < 4.78 is 82.8. The lowest BCUT2D eigenvalue weighted by molar-refractivity contribution is -0.141. The lowest BCUT2D eigenvalue weighted by Gasteiger charge is -2.17. The van der Waals surface area contributed by atoms with Crippen LogP contribution in [0.4, 0.5) is 17.6 Å². The summed E-state index contributed by atoms with van der Waals surface area (Å²) in [5.41, 5.74) is 4.64. The van der Waals surface area contributed by atoms with Crippen molar-refractivity contribution in [3.63, 3.8) is 0 Å². The summed E-state index contributed by atoms with van der Waals surface area (Å²) in [5, 5.41) is 1.03. The molecule has 0 radical (unpaired) electrons. The van der Waals surface area contributed by atoms with Gasteiger partial charge in [0.1, 0.15) is 22.6 Å². The predicted molar refractivity (Wildman–Crippen MR) is 124 cm³/mol. The molecule has 0 fully saturated rings. The lowest BCUT2D eigenvalue weighted by atomic mass is 9.98. The van der Waals surface area contributed by atoms with E-state index in [9.17, 15) is 30.8 Å². The number of hydrogen-bond acceptors (Lipinski definition) is 6. The first-order chi connectivity index (χ1) is 16.8. The van der Waals surface area contributed by atoms with Crippen LogP contribution in [0.15, 0.2) is 60.7 Å². The third-order valence-corrected chi connectivity index (χ3v) is 6.50. The summed E-state index contributed by atoms with van der Waals surface area (Å²) in [4.78, 5) is 16.3. The lowest BCUT2D eigenvalue weighted by Crippen LogP contribution is -2.28. The Labute approximate surface area is 205 Å². The maximum Gasteiger partial charge on any atom is 0.433 e. The molecule has 2 atom stereocenters. The van der Waals surface area contributed by atoms with E-state index in [1.54, 1.807) is 30.3 Å². The fraction of sp³-hybridized carbons (Fsp3) is 0.250. The van der Waals surface area contributed by atoms with Crippen LogP contribution in [0.1, 0.15) is 40.6 Å². The number of halogens is 4. The normalized spacial score (nSPS) is 13.6. The molecule has 0 saturated carbocycles. The van der Waals surface area contributed by atoms with Gasteiger partial charge in [-0.25, -0.2) is 17.8 Å². The van der Waals surface area contributed by atoms with E-state index >= 15 is 0 Å². The molecule has 12 heteroatoms. The summed E-state index contributed by atoms with van der Waals surface area (Å²) in [5.74, 6) is -2.37. The van der Waals surface area contributed by atoms with Crippen molar-refractivity contribution in [1.29, 1.82) is 0 Å². The van der Waals surface area contributed by atoms with Crippen LogP contribution in [-0.2, 0) is 27.4 Å². The van der Waals surface area contributed by atoms with Crippen LogP contribution in [0.25, 0.3) is 0 Å². The fourth-order valence-corrected chi connectivity index (χ4v) is 3.86. The zero-order chi connectivity index (χ0) is 26.7. The Morgan fingerprint density at radius 3 is 2.36 bits per heavy atom. The number of para-hydroxylation sites is 1. The summed E-state index contributed by atoms with van der Waals surface area (Å²) >= 11 is 0. The van der Waals surface area contributed by atoms with Gasteiger partial charge < -0.3 is 15.8 Å². The van der Waals surface area contributed by atoms with Crippen LogP contribution < -0.4 is 15.8 Å². The van der Waals surface area contributed by atoms with Gasteiger partial charge >= 0.3 is 6.18 Å². The number of alkyl halides is 3. The van der Waals surface area contributed by atoms with Gasteiger partial charge in [-0.3, -0.25) is 4.79 Å². The number of carbonyl (C=O) groups excluding carboxylic acids is 1. The maximum atomic E-state index is 14.5. The molecular formula is C24H23F4N3O4S. The van der Waals surface area contributed by atoms with Gasteiger partial charge in [0.2, 0.25) is 11.8 Å². The summed E-state index contributed by atoms with van der Waals surface area (Å²) in [6.45, 7) is 1.28. The SMILES string of the molecule is CC(C(=O)NCc1ccc(C(F)(F)F)nc1Oc1ccccc1)c1ccc(C(N)S(C)(=O)=O)c(F)c1. The molecule has 192 valence electrons. The Morgan fingerprint density at radius 1 is 1.11 bits per heavy atom. The van der Waals surface area contributed by atoms with Gasteiger partial charge in [-0.15, -0.1) is 0 Å². The molecule has 2 unspecified atom stereocenters. The number of benzene rings is 2. The second kappa shape index (κ2) is 10.6. The first-order valence-electron chi connectivity index (χ1n) is 10.6. The average molecular weight is 526 g/mol. The van der Waals surface area contributed by atoms with E-state index in [2.05, 4.69) is 10.3 Å². The number of sulfone groups is 1. The van der Waals surface area contributed by atoms with Gasteiger partial charge in [-0.2, -0.15) is 13.2 Å². The molecule has 7 nitrogen and oxygen atoms in total. The van der Waals surface area contributed by atoms with Crippen molar-refractivity contribution < 1.29 is 35.5 Å². The summed E-state index contributed by atoms with van der Waals surface area (Å²) in [6, 6.07) is 13.6. The van der Waals surface area contributed by atoms with Gasteiger partial charge in [0.05, 0.1) is 5.92 Å². The van der Waals surface area contributed by atoms with Gasteiger partial charge in [0, 0.05) is 23.9 Å². The number of nitrogens with zero attached hydrogens (tertiary/aromatic N) is 1. The third-order valence-electron chi connectivity index (χ3n) is 5.33. The molecule has 0 spiro atoms. The topological polar surface area (TPSA) is 111 Å². The Morgan fingerprint density at radius 2 is 1.78 bits per heavy atom. The Bertz CT molecular complexity index is 1350. The van der Waals surface area contributed by atoms with Crippen LogP contribution in [-0.4, -0.2) is 25.6 Å². The van der Waals surface area contributed by atoms with E-state index in [4.69, 9.17) is 10.5 Å². The van der Waals surface area contributed by atoms with Gasteiger partial charge in [0.15, 0.2) is 9.84 Å². The van der Waals surface area contributed by atoms with E-state index in [1.165, 1.54) is 19.1 Å². The molecule has 0 aliphatic rings. The highest BCUT2D eigenvalue weighted by atomic mass is 32.2. The van der Waals surface area contributed by atoms with Crippen molar-refractivity contribution in [3.8, 4) is 11.6 Å². The second-order valence-electron chi connectivity index (χ2n) is 8.04. The number of hydrogen-bond donors (Lipinski definition) is 2. The van der Waals surface area contributed by atoms with Crippen LogP contribution in [0.5, 0.6) is 11.6 Å². The van der Waals surface area contributed by atoms with E-state index in [0.29, 0.717) is 0 Å². The van der Waals surface area contributed by atoms with Crippen LogP contribution in [0, 0.1) is 5.82 Å². The zero-order valence-electron chi connectivity index (χ0n) is 19.2. The molecule has 0 aliphatic heterocycles. The fourth-order valence-electron chi connectivity index (χ4n) is 3.21. The maximum absolute atomic E-state index is 14.5. The van der Waals surface area contributed by atoms with E-state index < -0.39 is 44.7 Å². The number of amides is 1. The monoisotopic (exact) mass is 525 g/mol. The zero-order valence-corrected chi connectivity index (χ0v) is 20.0. The molecule has 3 aromatic rings. The third kappa shape index (κ3) is 6.58. The molecule has 0 aliphatic carbocycles. The quantitative estimate of drug-likeness (QED) is 0.421. The molecule has 3 rings (SSSR count). The minimum absolute atomic E-state index is 0.188. The molecule has 1 amide bonds. The van der Waals surface area contributed by atoms with E-state index in [-0.39, 0.29) is 34.9 Å². The van der Waals surface area contributed by atoms with Gasteiger partial charge in [0.25, 0.3) is 0 Å². The number of ether oxygens (including phenoxy) is 1. The Balaban J connectivity index is 1.78. The average Bonchev–Trinajstić information content (AvgIpc) is 2.81. The molecule has 0 bridgehead atoms. The molecule has 1 heterocycles. The standard InChI is InChI=1S/C24H23F4N3O4S/c1-14(15-8-10-18(19(25)12-15)21(29)36(2,33)34)22(32)30-13-16-9-11-20(24(26,27)28)31-23(16)35-17-6-4-3-5-7-17/h3-12,14,21H,13,29H2,1-2H3,(H,30,32). The Hall–Kier alpha value is -3.51. The van der Waals surface area contributed by atoms with Gasteiger partial charge in [-0.1, -0.05) is 30.3 Å². The highest BCUT2D eigenvalue weighted by Gasteiger charge is 2.33.